The third-order valence-corrected chi connectivity index (χ3v) is 2.49. The molecule has 0 aliphatic carbocycles. The van der Waals surface area contributed by atoms with Gasteiger partial charge in [-0.25, -0.2) is 9.86 Å². The molecule has 5 heteroatoms. The van der Waals surface area contributed by atoms with Crippen LogP contribution in [-0.2, 0) is 4.79 Å². The number of carboxylic acid groups (broad SMARTS) is 1. The van der Waals surface area contributed by atoms with Crippen LogP contribution in [0.25, 0.3) is 10.9 Å². The topological polar surface area (TPSA) is 76.6 Å². The maximum Gasteiger partial charge on any atom is 0.328 e. The van der Waals surface area contributed by atoms with Crippen molar-refractivity contribution in [3.63, 3.8) is 0 Å². The summed E-state index contributed by atoms with van der Waals surface area (Å²) in [4.78, 5) is 13.7. The van der Waals surface area contributed by atoms with Crippen molar-refractivity contribution in [3.05, 3.63) is 30.3 Å². The summed E-state index contributed by atoms with van der Waals surface area (Å²) < 4.78 is 0. The number of hydrogen-bond acceptors (Lipinski definition) is 3. The first-order valence-electron chi connectivity index (χ1n) is 4.88. The van der Waals surface area contributed by atoms with Crippen LogP contribution in [0.2, 0.25) is 0 Å². The van der Waals surface area contributed by atoms with Gasteiger partial charge in [-0.2, -0.15) is 0 Å². The summed E-state index contributed by atoms with van der Waals surface area (Å²) in [5.41, 5.74) is 0.856. The molecule has 1 aromatic carbocycles. The van der Waals surface area contributed by atoms with Crippen molar-refractivity contribution in [2.45, 2.75) is 13.0 Å². The molecular formula is C11H12N2O3. The number of hydroxylamine groups is 1. The first-order valence-corrected chi connectivity index (χ1v) is 4.88. The molecule has 5 nitrogen and oxygen atoms in total. The normalized spacial score (nSPS) is 12.6. The molecule has 2 aromatic rings. The van der Waals surface area contributed by atoms with Crippen molar-refractivity contribution < 1.29 is 15.1 Å². The van der Waals surface area contributed by atoms with Crippen molar-refractivity contribution in [1.82, 2.24) is 4.98 Å². The molecule has 0 saturated heterocycles. The van der Waals surface area contributed by atoms with Crippen LogP contribution in [0.3, 0.4) is 0 Å². The van der Waals surface area contributed by atoms with E-state index in [1.807, 2.05) is 24.3 Å². The number of aliphatic carboxylic acids is 1. The quantitative estimate of drug-likeness (QED) is 0.690. The molecule has 1 atom stereocenters. The molecule has 0 aliphatic heterocycles. The van der Waals surface area contributed by atoms with E-state index in [1.165, 1.54) is 6.92 Å². The second-order valence-electron chi connectivity index (χ2n) is 3.60. The summed E-state index contributed by atoms with van der Waals surface area (Å²) >= 11 is 0. The predicted molar refractivity (Wildman–Crippen MR) is 59.7 cm³/mol. The second-order valence-corrected chi connectivity index (χ2v) is 3.60. The fourth-order valence-corrected chi connectivity index (χ4v) is 1.49. The van der Waals surface area contributed by atoms with E-state index >= 15 is 0 Å². The molecule has 1 unspecified atom stereocenters. The monoisotopic (exact) mass is 220 g/mol. The number of para-hydroxylation sites is 1. The molecule has 16 heavy (non-hydrogen) atoms. The summed E-state index contributed by atoms with van der Waals surface area (Å²) in [5, 5.41) is 20.1. The number of fused-ring (bicyclic) bond motifs is 1. The van der Waals surface area contributed by atoms with E-state index in [0.29, 0.717) is 10.9 Å². The summed E-state index contributed by atoms with van der Waals surface area (Å²) in [6.07, 6.45) is 0. The van der Waals surface area contributed by atoms with Crippen molar-refractivity contribution in [1.29, 1.82) is 0 Å². The van der Waals surface area contributed by atoms with Gasteiger partial charge >= 0.3 is 5.97 Å². The Morgan fingerprint density at radius 2 is 2.12 bits per heavy atom. The lowest BCUT2D eigenvalue weighted by Gasteiger charge is -2.18. The molecule has 1 heterocycles. The van der Waals surface area contributed by atoms with E-state index < -0.39 is 12.0 Å². The van der Waals surface area contributed by atoms with Gasteiger partial charge < -0.3 is 10.1 Å². The number of hydrogen-bond donors (Lipinski definition) is 3. The number of anilines is 1. The van der Waals surface area contributed by atoms with Gasteiger partial charge in [0.25, 0.3) is 0 Å². The average molecular weight is 220 g/mol. The van der Waals surface area contributed by atoms with Crippen LogP contribution < -0.4 is 5.06 Å². The van der Waals surface area contributed by atoms with E-state index in [1.54, 1.807) is 6.07 Å². The van der Waals surface area contributed by atoms with Gasteiger partial charge in [0.05, 0.1) is 0 Å². The fraction of sp³-hybridized carbons (Fsp3) is 0.182. The van der Waals surface area contributed by atoms with Crippen molar-refractivity contribution in [2.75, 3.05) is 5.06 Å². The minimum Gasteiger partial charge on any atom is -0.480 e. The molecule has 0 aliphatic rings. The van der Waals surface area contributed by atoms with Crippen molar-refractivity contribution in [3.8, 4) is 0 Å². The molecule has 2 rings (SSSR count). The van der Waals surface area contributed by atoms with Crippen LogP contribution in [-0.4, -0.2) is 27.3 Å². The number of nitrogens with zero attached hydrogens (tertiary/aromatic N) is 1. The van der Waals surface area contributed by atoms with Crippen molar-refractivity contribution in [2.24, 2.45) is 0 Å². The Bertz CT molecular complexity index is 488. The second kappa shape index (κ2) is 3.86. The average Bonchev–Trinajstić information content (AvgIpc) is 2.70. The number of aromatic amines is 1. The van der Waals surface area contributed by atoms with Crippen LogP contribution in [0.1, 0.15) is 6.92 Å². The molecular weight excluding hydrogens is 208 g/mol. The van der Waals surface area contributed by atoms with Gasteiger partial charge in [0, 0.05) is 10.9 Å². The van der Waals surface area contributed by atoms with Gasteiger partial charge in [-0.1, -0.05) is 18.2 Å². The van der Waals surface area contributed by atoms with Gasteiger partial charge in [0.2, 0.25) is 0 Å². The van der Waals surface area contributed by atoms with Gasteiger partial charge in [-0.15, -0.1) is 0 Å². The first kappa shape index (κ1) is 10.5. The van der Waals surface area contributed by atoms with E-state index in [2.05, 4.69) is 4.98 Å². The molecule has 0 bridgehead atoms. The van der Waals surface area contributed by atoms with E-state index in [-0.39, 0.29) is 0 Å². The number of nitrogens with one attached hydrogen (secondary N) is 1. The van der Waals surface area contributed by atoms with Gasteiger partial charge in [-0.3, -0.25) is 5.21 Å². The van der Waals surface area contributed by atoms with Crippen LogP contribution in [0.4, 0.5) is 5.82 Å². The van der Waals surface area contributed by atoms with Crippen LogP contribution in [0.15, 0.2) is 30.3 Å². The van der Waals surface area contributed by atoms with Crippen LogP contribution >= 0.6 is 0 Å². The zero-order chi connectivity index (χ0) is 11.7. The summed E-state index contributed by atoms with van der Waals surface area (Å²) in [6.45, 7) is 1.41. The highest BCUT2D eigenvalue weighted by atomic mass is 16.5. The number of rotatable bonds is 3. The smallest absolute Gasteiger partial charge is 0.328 e. The maximum atomic E-state index is 10.7. The Labute approximate surface area is 91.9 Å². The Morgan fingerprint density at radius 1 is 1.44 bits per heavy atom. The highest BCUT2D eigenvalue weighted by molar-refractivity contribution is 5.85. The fourth-order valence-electron chi connectivity index (χ4n) is 1.49. The van der Waals surface area contributed by atoms with Gasteiger partial charge in [-0.05, 0) is 19.1 Å². The van der Waals surface area contributed by atoms with E-state index in [0.717, 1.165) is 10.9 Å². The third-order valence-electron chi connectivity index (χ3n) is 2.49. The molecule has 0 spiro atoms. The summed E-state index contributed by atoms with van der Waals surface area (Å²) in [6, 6.07) is 8.20. The molecule has 3 N–H and O–H groups in total. The molecule has 0 radical (unpaired) electrons. The minimum absolute atomic E-state index is 0.371. The van der Waals surface area contributed by atoms with Crippen LogP contribution in [0.5, 0.6) is 0 Å². The van der Waals surface area contributed by atoms with E-state index in [9.17, 15) is 10.0 Å². The minimum atomic E-state index is -1.08. The molecule has 0 fully saturated rings. The Balaban J connectivity index is 2.36. The third kappa shape index (κ3) is 1.72. The Morgan fingerprint density at radius 3 is 2.75 bits per heavy atom. The van der Waals surface area contributed by atoms with Gasteiger partial charge in [0.1, 0.15) is 5.82 Å². The lowest BCUT2D eigenvalue weighted by Crippen LogP contribution is -2.36. The Kier molecular flexibility index (Phi) is 2.54. The lowest BCUT2D eigenvalue weighted by molar-refractivity contribution is -0.139. The number of benzene rings is 1. The summed E-state index contributed by atoms with van der Waals surface area (Å²) in [7, 11) is 0. The zero-order valence-corrected chi connectivity index (χ0v) is 8.71. The van der Waals surface area contributed by atoms with Crippen molar-refractivity contribution >= 4 is 22.7 Å². The summed E-state index contributed by atoms with van der Waals surface area (Å²) in [5.74, 6) is -0.711. The standard InChI is InChI=1S/C11H12N2O3/c1-7(11(14)15)13(16)10-6-8-4-2-3-5-9(8)12-10/h2-7,12,16H,1H3,(H,14,15). The largest absolute Gasteiger partial charge is 0.480 e. The van der Waals surface area contributed by atoms with Gasteiger partial charge in [0.15, 0.2) is 6.04 Å². The number of H-pyrrole nitrogens is 1. The molecule has 84 valence electrons. The van der Waals surface area contributed by atoms with Crippen LogP contribution in [0, 0.1) is 0 Å². The zero-order valence-electron chi connectivity index (χ0n) is 8.71. The molecule has 0 saturated carbocycles. The number of carboxylic acids is 1. The molecule has 1 aromatic heterocycles. The highest BCUT2D eigenvalue weighted by Crippen LogP contribution is 2.21. The number of aromatic nitrogens is 1. The maximum absolute atomic E-state index is 10.7. The lowest BCUT2D eigenvalue weighted by atomic mass is 10.2. The Hall–Kier alpha value is -2.01. The van der Waals surface area contributed by atoms with E-state index in [4.69, 9.17) is 5.11 Å². The SMILES string of the molecule is CC(C(=O)O)N(O)c1cc2ccccc2[nH]1. The molecule has 0 amide bonds. The number of carbonyl (C=O) groups is 1. The highest BCUT2D eigenvalue weighted by Gasteiger charge is 2.20. The predicted octanol–water partition coefficient (Wildman–Crippen LogP) is 1.84. The first-order chi connectivity index (χ1) is 7.59.